The molecule has 0 unspecified atom stereocenters. The van der Waals surface area contributed by atoms with Gasteiger partial charge in [0.1, 0.15) is 10.6 Å². The van der Waals surface area contributed by atoms with Gasteiger partial charge in [-0.2, -0.15) is 0 Å². The van der Waals surface area contributed by atoms with Crippen LogP contribution in [0.15, 0.2) is 30.3 Å². The number of nitrogens with one attached hydrogen (secondary N) is 1. The van der Waals surface area contributed by atoms with Crippen molar-refractivity contribution in [2.45, 2.75) is 32.1 Å². The number of hydrogen-bond acceptors (Lipinski definition) is 4. The summed E-state index contributed by atoms with van der Waals surface area (Å²) in [6.07, 6.45) is 5.80. The SMILES string of the molecule is Clc1nc(NCCc2ccccc2)c2c3c(sc2n1)CCCC3. The van der Waals surface area contributed by atoms with Gasteiger partial charge in [-0.05, 0) is 54.8 Å². The Bertz CT molecular complexity index is 829. The molecule has 0 atom stereocenters. The molecule has 0 bridgehead atoms. The van der Waals surface area contributed by atoms with E-state index >= 15 is 0 Å². The lowest BCUT2D eigenvalue weighted by Crippen LogP contribution is -2.08. The van der Waals surface area contributed by atoms with Gasteiger partial charge in [0.05, 0.1) is 5.39 Å². The molecule has 0 fully saturated rings. The highest BCUT2D eigenvalue weighted by molar-refractivity contribution is 7.19. The Hall–Kier alpha value is -1.65. The fraction of sp³-hybridized carbons (Fsp3) is 0.333. The summed E-state index contributed by atoms with van der Waals surface area (Å²) in [7, 11) is 0. The van der Waals surface area contributed by atoms with Crippen LogP contribution in [0.2, 0.25) is 5.28 Å². The third kappa shape index (κ3) is 3.06. The number of anilines is 1. The van der Waals surface area contributed by atoms with Crippen LogP contribution in [0.1, 0.15) is 28.8 Å². The van der Waals surface area contributed by atoms with Crippen molar-refractivity contribution in [2.24, 2.45) is 0 Å². The first-order valence-electron chi connectivity index (χ1n) is 8.07. The van der Waals surface area contributed by atoms with E-state index < -0.39 is 0 Å². The van der Waals surface area contributed by atoms with Gasteiger partial charge in [0, 0.05) is 11.4 Å². The van der Waals surface area contributed by atoms with Crippen LogP contribution in [0.3, 0.4) is 0 Å². The molecule has 0 spiro atoms. The second-order valence-electron chi connectivity index (χ2n) is 5.89. The Morgan fingerprint density at radius 2 is 1.91 bits per heavy atom. The summed E-state index contributed by atoms with van der Waals surface area (Å²) >= 11 is 7.91. The maximum absolute atomic E-state index is 6.13. The van der Waals surface area contributed by atoms with Crippen molar-refractivity contribution in [1.29, 1.82) is 0 Å². The number of benzene rings is 1. The first-order valence-corrected chi connectivity index (χ1v) is 9.26. The molecule has 2 heterocycles. The predicted octanol–water partition coefficient (Wildman–Crippen LogP) is 4.88. The fourth-order valence-corrected chi connectivity index (χ4v) is 4.71. The molecule has 2 aromatic heterocycles. The van der Waals surface area contributed by atoms with Gasteiger partial charge in [-0.25, -0.2) is 9.97 Å². The zero-order valence-corrected chi connectivity index (χ0v) is 14.4. The minimum Gasteiger partial charge on any atom is -0.369 e. The second kappa shape index (κ2) is 6.46. The van der Waals surface area contributed by atoms with Gasteiger partial charge in [-0.15, -0.1) is 11.3 Å². The molecule has 0 aliphatic heterocycles. The predicted molar refractivity (Wildman–Crippen MR) is 97.7 cm³/mol. The Labute approximate surface area is 144 Å². The zero-order valence-electron chi connectivity index (χ0n) is 12.8. The van der Waals surface area contributed by atoms with Crippen LogP contribution in [0, 0.1) is 0 Å². The standard InChI is InChI=1S/C18H18ClN3S/c19-18-21-16(20-11-10-12-6-2-1-3-7-12)15-13-8-4-5-9-14(13)23-17(15)22-18/h1-3,6-7H,4-5,8-11H2,(H,20,21,22). The topological polar surface area (TPSA) is 37.8 Å². The van der Waals surface area contributed by atoms with Crippen molar-refractivity contribution < 1.29 is 0 Å². The quantitative estimate of drug-likeness (QED) is 0.686. The lowest BCUT2D eigenvalue weighted by atomic mass is 9.97. The second-order valence-corrected chi connectivity index (χ2v) is 7.32. The highest BCUT2D eigenvalue weighted by Gasteiger charge is 2.20. The Morgan fingerprint density at radius 1 is 1.09 bits per heavy atom. The molecule has 1 aromatic carbocycles. The van der Waals surface area contributed by atoms with E-state index in [4.69, 9.17) is 11.6 Å². The summed E-state index contributed by atoms with van der Waals surface area (Å²) in [4.78, 5) is 11.4. The Morgan fingerprint density at radius 3 is 2.78 bits per heavy atom. The minimum absolute atomic E-state index is 0.332. The zero-order chi connectivity index (χ0) is 15.6. The maximum atomic E-state index is 6.13. The first-order chi connectivity index (χ1) is 11.3. The number of aromatic nitrogens is 2. The number of rotatable bonds is 4. The molecule has 3 nitrogen and oxygen atoms in total. The van der Waals surface area contributed by atoms with Crippen molar-refractivity contribution in [3.8, 4) is 0 Å². The lowest BCUT2D eigenvalue weighted by Gasteiger charge is -2.12. The number of thiophene rings is 1. The smallest absolute Gasteiger partial charge is 0.225 e. The number of nitrogens with zero attached hydrogens (tertiary/aromatic N) is 2. The van der Waals surface area contributed by atoms with Crippen molar-refractivity contribution in [3.63, 3.8) is 0 Å². The van der Waals surface area contributed by atoms with Crippen LogP contribution in [-0.4, -0.2) is 16.5 Å². The molecule has 0 amide bonds. The summed E-state index contributed by atoms with van der Waals surface area (Å²) in [5.41, 5.74) is 2.76. The van der Waals surface area contributed by atoms with Crippen molar-refractivity contribution in [1.82, 2.24) is 9.97 Å². The van der Waals surface area contributed by atoms with Crippen molar-refractivity contribution in [3.05, 3.63) is 51.6 Å². The highest BCUT2D eigenvalue weighted by atomic mass is 35.5. The summed E-state index contributed by atoms with van der Waals surface area (Å²) in [6, 6.07) is 10.5. The molecular weight excluding hydrogens is 326 g/mol. The molecule has 3 aromatic rings. The number of halogens is 1. The van der Waals surface area contributed by atoms with Gasteiger partial charge >= 0.3 is 0 Å². The molecule has 0 saturated heterocycles. The third-order valence-corrected chi connectivity index (χ3v) is 5.69. The van der Waals surface area contributed by atoms with Crippen LogP contribution in [0.5, 0.6) is 0 Å². The minimum atomic E-state index is 0.332. The maximum Gasteiger partial charge on any atom is 0.225 e. The van der Waals surface area contributed by atoms with Gasteiger partial charge < -0.3 is 5.32 Å². The van der Waals surface area contributed by atoms with Gasteiger partial charge in [-0.1, -0.05) is 30.3 Å². The lowest BCUT2D eigenvalue weighted by molar-refractivity contribution is 0.700. The van der Waals surface area contributed by atoms with Crippen LogP contribution >= 0.6 is 22.9 Å². The van der Waals surface area contributed by atoms with Gasteiger partial charge in [0.2, 0.25) is 5.28 Å². The van der Waals surface area contributed by atoms with E-state index in [0.29, 0.717) is 5.28 Å². The summed E-state index contributed by atoms with van der Waals surface area (Å²) in [6.45, 7) is 0.844. The average Bonchev–Trinajstić information content (AvgIpc) is 2.93. The van der Waals surface area contributed by atoms with E-state index in [1.165, 1.54) is 34.2 Å². The fourth-order valence-electron chi connectivity index (χ4n) is 3.23. The molecule has 4 rings (SSSR count). The molecule has 118 valence electrons. The number of aryl methyl sites for hydroxylation is 2. The molecular formula is C18H18ClN3S. The van der Waals surface area contributed by atoms with E-state index in [0.717, 1.165) is 36.5 Å². The van der Waals surface area contributed by atoms with Crippen molar-refractivity contribution in [2.75, 3.05) is 11.9 Å². The van der Waals surface area contributed by atoms with E-state index in [2.05, 4.69) is 39.6 Å². The number of fused-ring (bicyclic) bond motifs is 3. The molecule has 1 aliphatic carbocycles. The van der Waals surface area contributed by atoms with Gasteiger partial charge in [-0.3, -0.25) is 0 Å². The molecule has 5 heteroatoms. The van der Waals surface area contributed by atoms with Crippen LogP contribution in [-0.2, 0) is 19.3 Å². The van der Waals surface area contributed by atoms with E-state index in [1.54, 1.807) is 11.3 Å². The third-order valence-electron chi connectivity index (χ3n) is 4.34. The van der Waals surface area contributed by atoms with E-state index in [1.807, 2.05) is 6.07 Å². The van der Waals surface area contributed by atoms with Crippen LogP contribution < -0.4 is 5.32 Å². The summed E-state index contributed by atoms with van der Waals surface area (Å²) in [5.74, 6) is 0.898. The monoisotopic (exact) mass is 343 g/mol. The Kier molecular flexibility index (Phi) is 4.19. The molecule has 1 aliphatic rings. The average molecular weight is 344 g/mol. The summed E-state index contributed by atoms with van der Waals surface area (Å²) in [5, 5.41) is 5.01. The van der Waals surface area contributed by atoms with Gasteiger partial charge in [0.15, 0.2) is 0 Å². The molecule has 23 heavy (non-hydrogen) atoms. The Balaban J connectivity index is 1.62. The largest absolute Gasteiger partial charge is 0.369 e. The van der Waals surface area contributed by atoms with Gasteiger partial charge in [0.25, 0.3) is 0 Å². The van der Waals surface area contributed by atoms with Crippen molar-refractivity contribution >= 4 is 39.0 Å². The number of hydrogen-bond donors (Lipinski definition) is 1. The molecule has 0 radical (unpaired) electrons. The van der Waals surface area contributed by atoms with Crippen LogP contribution in [0.25, 0.3) is 10.2 Å². The normalized spacial score (nSPS) is 14.0. The highest BCUT2D eigenvalue weighted by Crippen LogP contribution is 2.39. The molecule has 0 saturated carbocycles. The van der Waals surface area contributed by atoms with E-state index in [-0.39, 0.29) is 0 Å². The first kappa shape index (κ1) is 14.9. The van der Waals surface area contributed by atoms with Crippen LogP contribution in [0.4, 0.5) is 5.82 Å². The van der Waals surface area contributed by atoms with E-state index in [9.17, 15) is 0 Å². The molecule has 1 N–H and O–H groups in total. The summed E-state index contributed by atoms with van der Waals surface area (Å²) < 4.78 is 0.